The quantitative estimate of drug-likeness (QED) is 0.727. The molecule has 6 unspecified atom stereocenters. The molecular weight excluding hydrogens is 222 g/mol. The van der Waals surface area contributed by atoms with Crippen LogP contribution in [-0.2, 0) is 14.2 Å². The monoisotopic (exact) mass is 243 g/mol. The van der Waals surface area contributed by atoms with Gasteiger partial charge in [-0.25, -0.2) is 0 Å². The highest BCUT2D eigenvalue weighted by Crippen LogP contribution is 2.58. The van der Waals surface area contributed by atoms with Gasteiger partial charge in [-0.1, -0.05) is 6.92 Å². The maximum Gasteiger partial charge on any atom is 0.166 e. The number of fused-ring (bicyclic) bond motifs is 1. The van der Waals surface area contributed by atoms with Crippen molar-refractivity contribution in [3.05, 3.63) is 0 Å². The molecule has 4 fully saturated rings. The summed E-state index contributed by atoms with van der Waals surface area (Å²) in [6.07, 6.45) is -0.146. The third-order valence-corrected chi connectivity index (χ3v) is 4.77. The van der Waals surface area contributed by atoms with Gasteiger partial charge in [0.05, 0.1) is 6.10 Å². The summed E-state index contributed by atoms with van der Waals surface area (Å²) in [5.41, 5.74) is -0.532. The van der Waals surface area contributed by atoms with Crippen LogP contribution in [0.5, 0.6) is 0 Å². The van der Waals surface area contributed by atoms with Crippen molar-refractivity contribution in [2.75, 3.05) is 20.7 Å². The first-order valence-electron chi connectivity index (χ1n) is 6.33. The highest BCUT2D eigenvalue weighted by atomic mass is 16.8. The summed E-state index contributed by atoms with van der Waals surface area (Å²) in [5.74, 6) is 0.874. The lowest BCUT2D eigenvalue weighted by molar-refractivity contribution is -0.407. The Morgan fingerprint density at radius 2 is 2.29 bits per heavy atom. The van der Waals surface area contributed by atoms with E-state index in [1.165, 1.54) is 0 Å². The largest absolute Gasteiger partial charge is 0.390 e. The number of aliphatic hydroxyl groups excluding tert-OH is 1. The summed E-state index contributed by atoms with van der Waals surface area (Å²) in [6, 6.07) is 0. The molecule has 5 heteroatoms. The number of aliphatic hydroxyl groups is 1. The minimum Gasteiger partial charge on any atom is -0.390 e. The fraction of sp³-hybridized carbons (Fsp3) is 1.00. The average molecular weight is 243 g/mol. The summed E-state index contributed by atoms with van der Waals surface area (Å²) in [5, 5.41) is 13.5. The zero-order chi connectivity index (χ0) is 12.2. The molecule has 0 aromatic carbocycles. The molecule has 0 radical (unpaired) electrons. The van der Waals surface area contributed by atoms with Crippen molar-refractivity contribution in [2.45, 2.75) is 37.6 Å². The fourth-order valence-corrected chi connectivity index (χ4v) is 3.97. The highest BCUT2D eigenvalue weighted by molar-refractivity contribution is 5.13. The van der Waals surface area contributed by atoms with Gasteiger partial charge in [0, 0.05) is 25.5 Å². The van der Waals surface area contributed by atoms with Gasteiger partial charge in [0.2, 0.25) is 0 Å². The van der Waals surface area contributed by atoms with Gasteiger partial charge in [-0.15, -0.1) is 0 Å². The van der Waals surface area contributed by atoms with E-state index in [0.29, 0.717) is 18.4 Å². The van der Waals surface area contributed by atoms with Crippen molar-refractivity contribution >= 4 is 0 Å². The standard InChI is InChI=1S/C12H21NO4/c1-6-7-4-8(14)12(5-13-2)9(7)11(15-3)16-10(6)17-12/h6-11,13-14H,4-5H2,1-3H3/t6?,7?,8-,9?,10?,11?,12?/m1/s1. The Morgan fingerprint density at radius 3 is 2.94 bits per heavy atom. The molecule has 1 aliphatic carbocycles. The van der Waals surface area contributed by atoms with Crippen molar-refractivity contribution in [3.8, 4) is 0 Å². The number of hydrogen-bond donors (Lipinski definition) is 2. The second-order valence-corrected chi connectivity index (χ2v) is 5.51. The molecule has 5 nitrogen and oxygen atoms in total. The number of hydrogen-bond acceptors (Lipinski definition) is 5. The zero-order valence-corrected chi connectivity index (χ0v) is 10.6. The summed E-state index contributed by atoms with van der Waals surface area (Å²) in [4.78, 5) is 0. The Balaban J connectivity index is 1.98. The summed E-state index contributed by atoms with van der Waals surface area (Å²) < 4.78 is 17.2. The normalized spacial score (nSPS) is 56.5. The fourth-order valence-electron chi connectivity index (χ4n) is 3.97. The van der Waals surface area contributed by atoms with Crippen molar-refractivity contribution < 1.29 is 19.3 Å². The smallest absolute Gasteiger partial charge is 0.166 e. The molecule has 0 aromatic rings. The van der Waals surface area contributed by atoms with Crippen LogP contribution in [0.2, 0.25) is 0 Å². The second-order valence-electron chi connectivity index (χ2n) is 5.51. The second kappa shape index (κ2) is 3.90. The van der Waals surface area contributed by atoms with Gasteiger partial charge in [-0.2, -0.15) is 0 Å². The predicted octanol–water partition coefficient (Wildman–Crippen LogP) is -0.0633. The van der Waals surface area contributed by atoms with Crippen LogP contribution in [0, 0.1) is 17.8 Å². The van der Waals surface area contributed by atoms with Gasteiger partial charge in [-0.05, 0) is 19.4 Å². The van der Waals surface area contributed by atoms with E-state index >= 15 is 0 Å². The Labute approximate surface area is 101 Å². The Morgan fingerprint density at radius 1 is 1.53 bits per heavy atom. The zero-order valence-electron chi connectivity index (χ0n) is 10.6. The number of methoxy groups -OCH3 is 1. The molecule has 3 aliphatic heterocycles. The molecule has 3 saturated heterocycles. The molecule has 1 saturated carbocycles. The van der Waals surface area contributed by atoms with E-state index in [0.717, 1.165) is 6.42 Å². The Hall–Kier alpha value is -0.200. The topological polar surface area (TPSA) is 60.0 Å². The van der Waals surface area contributed by atoms with Crippen LogP contribution in [0.15, 0.2) is 0 Å². The van der Waals surface area contributed by atoms with Crippen molar-refractivity contribution in [1.82, 2.24) is 5.32 Å². The third kappa shape index (κ3) is 1.37. The molecule has 0 spiro atoms. The van der Waals surface area contributed by atoms with Crippen LogP contribution < -0.4 is 5.32 Å². The van der Waals surface area contributed by atoms with E-state index in [1.54, 1.807) is 7.11 Å². The van der Waals surface area contributed by atoms with E-state index in [-0.39, 0.29) is 18.5 Å². The van der Waals surface area contributed by atoms with E-state index in [1.807, 2.05) is 7.05 Å². The first-order valence-corrected chi connectivity index (χ1v) is 6.33. The molecule has 4 aliphatic rings. The van der Waals surface area contributed by atoms with Gasteiger partial charge in [0.1, 0.15) is 5.60 Å². The van der Waals surface area contributed by atoms with Gasteiger partial charge in [-0.3, -0.25) is 0 Å². The van der Waals surface area contributed by atoms with Gasteiger partial charge in [0.25, 0.3) is 0 Å². The van der Waals surface area contributed by atoms with Crippen LogP contribution in [0.1, 0.15) is 13.3 Å². The maximum atomic E-state index is 10.4. The van der Waals surface area contributed by atoms with E-state index in [4.69, 9.17) is 14.2 Å². The molecule has 0 aromatic heterocycles. The van der Waals surface area contributed by atoms with Crippen LogP contribution in [0.4, 0.5) is 0 Å². The van der Waals surface area contributed by atoms with E-state index in [9.17, 15) is 5.11 Å². The Bertz CT molecular complexity index is 313. The molecule has 17 heavy (non-hydrogen) atoms. The average Bonchev–Trinajstić information content (AvgIpc) is 2.57. The third-order valence-electron chi connectivity index (χ3n) is 4.77. The summed E-state index contributed by atoms with van der Waals surface area (Å²) in [7, 11) is 3.54. The maximum absolute atomic E-state index is 10.4. The van der Waals surface area contributed by atoms with Gasteiger partial charge in [0.15, 0.2) is 12.6 Å². The van der Waals surface area contributed by atoms with Gasteiger partial charge >= 0.3 is 0 Å². The predicted molar refractivity (Wildman–Crippen MR) is 60.2 cm³/mol. The number of likely N-dealkylation sites (N-methyl/N-ethyl adjacent to an activating group) is 1. The minimum absolute atomic E-state index is 0.120. The SMILES string of the molecule is CNCC12OC3OC(OC)C1C(C[C@H]2O)C3C. The lowest BCUT2D eigenvalue weighted by Gasteiger charge is -2.55. The molecule has 98 valence electrons. The Kier molecular flexibility index (Phi) is 2.72. The van der Waals surface area contributed by atoms with Crippen molar-refractivity contribution in [3.63, 3.8) is 0 Å². The van der Waals surface area contributed by atoms with Crippen molar-refractivity contribution in [2.24, 2.45) is 17.8 Å². The summed E-state index contributed by atoms with van der Waals surface area (Å²) in [6.45, 7) is 2.78. The first kappa shape index (κ1) is 11.9. The number of nitrogens with one attached hydrogen (secondary N) is 1. The highest BCUT2D eigenvalue weighted by Gasteiger charge is 2.68. The van der Waals surface area contributed by atoms with Crippen LogP contribution >= 0.6 is 0 Å². The number of ether oxygens (including phenoxy) is 3. The molecule has 3 heterocycles. The summed E-state index contributed by atoms with van der Waals surface area (Å²) >= 11 is 0. The van der Waals surface area contributed by atoms with Gasteiger partial charge < -0.3 is 24.6 Å². The van der Waals surface area contributed by atoms with E-state index in [2.05, 4.69) is 12.2 Å². The lowest BCUT2D eigenvalue weighted by atomic mass is 9.74. The number of rotatable bonds is 3. The van der Waals surface area contributed by atoms with Crippen LogP contribution in [0.25, 0.3) is 0 Å². The minimum atomic E-state index is -0.532. The molecule has 2 N–H and O–H groups in total. The molecule has 4 rings (SSSR count). The molecule has 4 bridgehead atoms. The van der Waals surface area contributed by atoms with E-state index < -0.39 is 11.7 Å². The lowest BCUT2D eigenvalue weighted by Crippen LogP contribution is -2.67. The molecule has 0 amide bonds. The first-order chi connectivity index (χ1) is 8.14. The van der Waals surface area contributed by atoms with Crippen molar-refractivity contribution in [1.29, 1.82) is 0 Å². The van der Waals surface area contributed by atoms with Crippen LogP contribution in [-0.4, -0.2) is 50.1 Å². The molecular formula is C12H21NO4. The molecule has 7 atom stereocenters. The van der Waals surface area contributed by atoms with Crippen LogP contribution in [0.3, 0.4) is 0 Å².